The SMILES string of the molecule is CCc1cc(-c2cnc(C)nc2)ccc1Nc1cc2c(cn1)ncn2C. The van der Waals surface area contributed by atoms with Crippen molar-refractivity contribution in [3.63, 3.8) is 0 Å². The van der Waals surface area contributed by atoms with Crippen molar-refractivity contribution in [2.75, 3.05) is 5.32 Å². The molecule has 0 unspecified atom stereocenters. The number of aromatic nitrogens is 5. The number of rotatable bonds is 4. The van der Waals surface area contributed by atoms with Crippen molar-refractivity contribution in [1.29, 1.82) is 0 Å². The summed E-state index contributed by atoms with van der Waals surface area (Å²) < 4.78 is 1.99. The molecule has 130 valence electrons. The average Bonchev–Trinajstić information content (AvgIpc) is 3.03. The second-order valence-electron chi connectivity index (χ2n) is 6.28. The Hall–Kier alpha value is -3.28. The van der Waals surface area contributed by atoms with Crippen LogP contribution in [0.15, 0.2) is 49.2 Å². The summed E-state index contributed by atoms with van der Waals surface area (Å²) in [6.45, 7) is 4.04. The zero-order valence-electron chi connectivity index (χ0n) is 15.1. The highest BCUT2D eigenvalue weighted by Gasteiger charge is 2.08. The van der Waals surface area contributed by atoms with Crippen LogP contribution in [-0.4, -0.2) is 24.5 Å². The van der Waals surface area contributed by atoms with Gasteiger partial charge in [-0.1, -0.05) is 13.0 Å². The van der Waals surface area contributed by atoms with E-state index in [1.54, 1.807) is 12.5 Å². The molecule has 6 heteroatoms. The van der Waals surface area contributed by atoms with Crippen LogP contribution in [0, 0.1) is 6.92 Å². The third kappa shape index (κ3) is 3.01. The largest absolute Gasteiger partial charge is 0.340 e. The minimum Gasteiger partial charge on any atom is -0.340 e. The molecule has 4 rings (SSSR count). The fourth-order valence-electron chi connectivity index (χ4n) is 2.97. The van der Waals surface area contributed by atoms with Gasteiger partial charge in [-0.05, 0) is 36.6 Å². The van der Waals surface area contributed by atoms with Gasteiger partial charge >= 0.3 is 0 Å². The third-order valence-corrected chi connectivity index (χ3v) is 4.47. The van der Waals surface area contributed by atoms with Crippen LogP contribution >= 0.6 is 0 Å². The van der Waals surface area contributed by atoms with E-state index in [0.717, 1.165) is 45.9 Å². The van der Waals surface area contributed by atoms with E-state index in [4.69, 9.17) is 0 Å². The number of nitrogens with zero attached hydrogens (tertiary/aromatic N) is 5. The first-order chi connectivity index (χ1) is 12.6. The Bertz CT molecular complexity index is 1070. The molecule has 0 bridgehead atoms. The molecule has 4 aromatic rings. The normalized spacial score (nSPS) is 11.0. The van der Waals surface area contributed by atoms with Crippen LogP contribution in [0.3, 0.4) is 0 Å². The molecule has 0 fully saturated rings. The standard InChI is InChI=1S/C20H20N6/c1-4-14-7-15(16-9-21-13(2)22-10-16)5-6-17(14)25-20-8-19-18(11-23-20)24-12-26(19)3/h5-12H,4H2,1-3H3,(H,23,25). The molecule has 1 N–H and O–H groups in total. The van der Waals surface area contributed by atoms with Gasteiger partial charge in [0.25, 0.3) is 0 Å². The smallest absolute Gasteiger partial charge is 0.132 e. The van der Waals surface area contributed by atoms with Crippen LogP contribution in [-0.2, 0) is 13.5 Å². The minimum atomic E-state index is 0.777. The monoisotopic (exact) mass is 344 g/mol. The number of fused-ring (bicyclic) bond motifs is 1. The lowest BCUT2D eigenvalue weighted by Gasteiger charge is -2.12. The summed E-state index contributed by atoms with van der Waals surface area (Å²) in [5.41, 5.74) is 6.35. The molecule has 26 heavy (non-hydrogen) atoms. The fourth-order valence-corrected chi connectivity index (χ4v) is 2.97. The van der Waals surface area contributed by atoms with Crippen LogP contribution < -0.4 is 5.32 Å². The minimum absolute atomic E-state index is 0.777. The predicted molar refractivity (Wildman–Crippen MR) is 103 cm³/mol. The van der Waals surface area contributed by atoms with E-state index in [1.807, 2.05) is 37.0 Å². The zero-order valence-corrected chi connectivity index (χ0v) is 15.1. The van der Waals surface area contributed by atoms with E-state index in [9.17, 15) is 0 Å². The summed E-state index contributed by atoms with van der Waals surface area (Å²) >= 11 is 0. The average molecular weight is 344 g/mol. The Morgan fingerprint density at radius 3 is 2.54 bits per heavy atom. The molecule has 0 saturated heterocycles. The highest BCUT2D eigenvalue weighted by Crippen LogP contribution is 2.27. The third-order valence-electron chi connectivity index (χ3n) is 4.47. The number of hydrogen-bond donors (Lipinski definition) is 1. The first-order valence-corrected chi connectivity index (χ1v) is 8.60. The first-order valence-electron chi connectivity index (χ1n) is 8.60. The van der Waals surface area contributed by atoms with Crippen LogP contribution in [0.2, 0.25) is 0 Å². The lowest BCUT2D eigenvalue weighted by molar-refractivity contribution is 0.947. The number of anilines is 2. The molecule has 0 saturated carbocycles. The van der Waals surface area contributed by atoms with Gasteiger partial charge in [-0.25, -0.2) is 19.9 Å². The van der Waals surface area contributed by atoms with Crippen LogP contribution in [0.1, 0.15) is 18.3 Å². The molecule has 0 aliphatic carbocycles. The summed E-state index contributed by atoms with van der Waals surface area (Å²) in [5, 5.41) is 3.44. The van der Waals surface area contributed by atoms with Gasteiger partial charge in [-0.3, -0.25) is 0 Å². The van der Waals surface area contributed by atoms with E-state index in [2.05, 4.69) is 50.4 Å². The van der Waals surface area contributed by atoms with Crippen molar-refractivity contribution in [3.05, 3.63) is 60.6 Å². The van der Waals surface area contributed by atoms with Crippen molar-refractivity contribution < 1.29 is 0 Å². The Morgan fingerprint density at radius 1 is 0.962 bits per heavy atom. The summed E-state index contributed by atoms with van der Waals surface area (Å²) in [6.07, 6.45) is 8.23. The number of pyridine rings is 1. The molecule has 0 spiro atoms. The molecule has 3 aromatic heterocycles. The molecule has 3 heterocycles. The lowest BCUT2D eigenvalue weighted by atomic mass is 10.0. The second-order valence-corrected chi connectivity index (χ2v) is 6.28. The molecule has 0 radical (unpaired) electrons. The van der Waals surface area contributed by atoms with Crippen molar-refractivity contribution >= 4 is 22.5 Å². The molecule has 0 aliphatic heterocycles. The lowest BCUT2D eigenvalue weighted by Crippen LogP contribution is -1.98. The van der Waals surface area contributed by atoms with Crippen molar-refractivity contribution in [2.24, 2.45) is 7.05 Å². The van der Waals surface area contributed by atoms with Gasteiger partial charge in [-0.2, -0.15) is 0 Å². The Labute approximate surface area is 152 Å². The maximum absolute atomic E-state index is 4.47. The predicted octanol–water partition coefficient (Wildman–Crippen LogP) is 4.04. The number of imidazole rings is 1. The van der Waals surface area contributed by atoms with Crippen molar-refractivity contribution in [1.82, 2.24) is 24.5 Å². The first kappa shape index (κ1) is 16.2. The molecular formula is C20H20N6. The number of hydrogen-bond acceptors (Lipinski definition) is 5. The Balaban J connectivity index is 1.67. The second kappa shape index (κ2) is 6.55. The van der Waals surface area contributed by atoms with E-state index in [-0.39, 0.29) is 0 Å². The van der Waals surface area contributed by atoms with Crippen LogP contribution in [0.4, 0.5) is 11.5 Å². The Morgan fingerprint density at radius 2 is 1.77 bits per heavy atom. The molecule has 0 aliphatic rings. The fraction of sp³-hybridized carbons (Fsp3) is 0.200. The summed E-state index contributed by atoms with van der Waals surface area (Å²) in [6, 6.07) is 8.36. The number of nitrogens with one attached hydrogen (secondary N) is 1. The topological polar surface area (TPSA) is 68.5 Å². The summed E-state index contributed by atoms with van der Waals surface area (Å²) in [7, 11) is 1.98. The van der Waals surface area contributed by atoms with Gasteiger partial charge in [0.15, 0.2) is 0 Å². The van der Waals surface area contributed by atoms with Gasteiger partial charge < -0.3 is 9.88 Å². The van der Waals surface area contributed by atoms with Gasteiger partial charge in [0.2, 0.25) is 0 Å². The van der Waals surface area contributed by atoms with Crippen molar-refractivity contribution in [3.8, 4) is 11.1 Å². The molecule has 1 aromatic carbocycles. The van der Waals surface area contributed by atoms with Crippen molar-refractivity contribution in [2.45, 2.75) is 20.3 Å². The van der Waals surface area contributed by atoms with E-state index in [1.165, 1.54) is 5.56 Å². The molecular weight excluding hydrogens is 324 g/mol. The van der Waals surface area contributed by atoms with Gasteiger partial charge in [0.05, 0.1) is 18.0 Å². The van der Waals surface area contributed by atoms with Gasteiger partial charge in [-0.15, -0.1) is 0 Å². The van der Waals surface area contributed by atoms with Gasteiger partial charge in [0.1, 0.15) is 17.2 Å². The summed E-state index contributed by atoms with van der Waals surface area (Å²) in [5.74, 6) is 1.58. The maximum atomic E-state index is 4.47. The zero-order chi connectivity index (χ0) is 18.1. The van der Waals surface area contributed by atoms with Crippen LogP contribution in [0.5, 0.6) is 0 Å². The Kier molecular flexibility index (Phi) is 4.08. The van der Waals surface area contributed by atoms with Gasteiger partial charge in [0, 0.05) is 36.8 Å². The highest BCUT2D eigenvalue weighted by atomic mass is 15.0. The van der Waals surface area contributed by atoms with E-state index < -0.39 is 0 Å². The number of benzene rings is 1. The maximum Gasteiger partial charge on any atom is 0.132 e. The van der Waals surface area contributed by atoms with E-state index >= 15 is 0 Å². The molecule has 0 atom stereocenters. The quantitative estimate of drug-likeness (QED) is 0.605. The molecule has 0 amide bonds. The molecule has 6 nitrogen and oxygen atoms in total. The van der Waals surface area contributed by atoms with E-state index in [0.29, 0.717) is 0 Å². The highest BCUT2D eigenvalue weighted by molar-refractivity contribution is 5.79. The number of aryl methyl sites for hydroxylation is 3. The van der Waals surface area contributed by atoms with Crippen LogP contribution in [0.25, 0.3) is 22.2 Å². The summed E-state index contributed by atoms with van der Waals surface area (Å²) in [4.78, 5) is 17.4.